The molecule has 1 heterocycles. The zero-order chi connectivity index (χ0) is 15.9. The van der Waals surface area contributed by atoms with E-state index in [2.05, 4.69) is 31.0 Å². The molecule has 0 radical (unpaired) electrons. The van der Waals surface area contributed by atoms with Gasteiger partial charge in [-0.15, -0.1) is 0 Å². The van der Waals surface area contributed by atoms with E-state index in [4.69, 9.17) is 10.6 Å². The average molecular weight is 297 g/mol. The van der Waals surface area contributed by atoms with Gasteiger partial charge in [-0.1, -0.05) is 0 Å². The minimum absolute atomic E-state index is 0.0498. The summed E-state index contributed by atoms with van der Waals surface area (Å²) >= 11 is 0. The number of rotatable bonds is 7. The maximum absolute atomic E-state index is 11.7. The van der Waals surface area contributed by atoms with Crippen LogP contribution in [0.2, 0.25) is 0 Å². The fraction of sp³-hybridized carbons (Fsp3) is 0.667. The van der Waals surface area contributed by atoms with E-state index in [0.29, 0.717) is 25.5 Å². The fourth-order valence-electron chi connectivity index (χ4n) is 1.46. The summed E-state index contributed by atoms with van der Waals surface area (Å²) in [4.78, 5) is 23.7. The first kappa shape index (κ1) is 16.9. The van der Waals surface area contributed by atoms with Crippen molar-refractivity contribution in [3.05, 3.63) is 0 Å². The number of nitrogen functional groups attached to an aromatic ring is 1. The van der Waals surface area contributed by atoms with Crippen molar-refractivity contribution in [2.45, 2.75) is 39.7 Å². The largest absolute Gasteiger partial charge is 0.464 e. The number of hydrogen-bond acceptors (Lipinski definition) is 8. The van der Waals surface area contributed by atoms with Crippen molar-refractivity contribution < 1.29 is 9.53 Å². The number of amides is 1. The van der Waals surface area contributed by atoms with E-state index < -0.39 is 0 Å². The van der Waals surface area contributed by atoms with E-state index in [0.717, 1.165) is 0 Å². The molecule has 0 aliphatic carbocycles. The SMILES string of the molecule is CCOc1nc(NN)nc(NCCC(=O)NC(C)(C)C)n1. The molecule has 0 unspecified atom stereocenters. The van der Waals surface area contributed by atoms with E-state index in [9.17, 15) is 4.79 Å². The lowest BCUT2D eigenvalue weighted by Gasteiger charge is -2.20. The van der Waals surface area contributed by atoms with Crippen LogP contribution in [0.1, 0.15) is 34.1 Å². The first-order chi connectivity index (χ1) is 9.84. The molecule has 0 fully saturated rings. The van der Waals surface area contributed by atoms with Crippen LogP contribution in [0, 0.1) is 0 Å². The van der Waals surface area contributed by atoms with Gasteiger partial charge in [0.25, 0.3) is 0 Å². The fourth-order valence-corrected chi connectivity index (χ4v) is 1.46. The molecule has 1 aromatic rings. The molecule has 9 heteroatoms. The molecule has 0 saturated carbocycles. The predicted octanol–water partition coefficient (Wildman–Crippen LogP) is 0.273. The number of nitrogens with two attached hydrogens (primary N) is 1. The van der Waals surface area contributed by atoms with Gasteiger partial charge in [0.05, 0.1) is 6.61 Å². The predicted molar refractivity (Wildman–Crippen MR) is 79.8 cm³/mol. The van der Waals surface area contributed by atoms with Crippen LogP contribution in [0.5, 0.6) is 6.01 Å². The average Bonchev–Trinajstić information content (AvgIpc) is 2.36. The van der Waals surface area contributed by atoms with Gasteiger partial charge in [-0.05, 0) is 27.7 Å². The highest BCUT2D eigenvalue weighted by atomic mass is 16.5. The number of carbonyl (C=O) groups is 1. The molecule has 0 saturated heterocycles. The Morgan fingerprint density at radius 2 is 1.90 bits per heavy atom. The van der Waals surface area contributed by atoms with Gasteiger partial charge < -0.3 is 15.4 Å². The first-order valence-electron chi connectivity index (χ1n) is 6.74. The molecule has 1 rings (SSSR count). The number of carbonyl (C=O) groups excluding carboxylic acids is 1. The molecule has 1 aromatic heterocycles. The summed E-state index contributed by atoms with van der Waals surface area (Å²) in [5, 5.41) is 5.81. The maximum Gasteiger partial charge on any atom is 0.323 e. The third kappa shape index (κ3) is 6.70. The number of nitrogens with zero attached hydrogens (tertiary/aromatic N) is 3. The van der Waals surface area contributed by atoms with Crippen LogP contribution >= 0.6 is 0 Å². The third-order valence-corrected chi connectivity index (χ3v) is 2.17. The van der Waals surface area contributed by atoms with Crippen molar-refractivity contribution in [3.8, 4) is 6.01 Å². The smallest absolute Gasteiger partial charge is 0.323 e. The zero-order valence-corrected chi connectivity index (χ0v) is 12.9. The van der Waals surface area contributed by atoms with Gasteiger partial charge in [-0.2, -0.15) is 15.0 Å². The second kappa shape index (κ2) is 7.58. The maximum atomic E-state index is 11.7. The van der Waals surface area contributed by atoms with Crippen LogP contribution in [0.15, 0.2) is 0 Å². The molecule has 0 aliphatic heterocycles. The highest BCUT2D eigenvalue weighted by Gasteiger charge is 2.13. The third-order valence-electron chi connectivity index (χ3n) is 2.17. The van der Waals surface area contributed by atoms with Crippen molar-refractivity contribution >= 4 is 17.8 Å². The highest BCUT2D eigenvalue weighted by Crippen LogP contribution is 2.10. The standard InChI is InChI=1S/C12H23N7O2/c1-5-21-11-16-9(15-10(17-11)19-13)14-7-6-8(20)18-12(2,3)4/h5-7,13H2,1-4H3,(H,18,20)(H2,14,15,16,17,19). The van der Waals surface area contributed by atoms with Gasteiger partial charge in [0, 0.05) is 18.5 Å². The molecule has 0 atom stereocenters. The number of ether oxygens (including phenoxy) is 1. The van der Waals surface area contributed by atoms with Crippen LogP contribution in [0.4, 0.5) is 11.9 Å². The normalized spacial score (nSPS) is 10.9. The van der Waals surface area contributed by atoms with Gasteiger partial charge in [0.1, 0.15) is 0 Å². The Morgan fingerprint density at radius 1 is 1.24 bits per heavy atom. The summed E-state index contributed by atoms with van der Waals surface area (Å²) in [7, 11) is 0. The molecular weight excluding hydrogens is 274 g/mol. The Balaban J connectivity index is 2.54. The Morgan fingerprint density at radius 3 is 2.48 bits per heavy atom. The monoisotopic (exact) mass is 297 g/mol. The number of aromatic nitrogens is 3. The molecular formula is C12H23N7O2. The lowest BCUT2D eigenvalue weighted by atomic mass is 10.1. The lowest BCUT2D eigenvalue weighted by molar-refractivity contribution is -0.122. The zero-order valence-electron chi connectivity index (χ0n) is 12.9. The number of nitrogens with one attached hydrogen (secondary N) is 3. The lowest BCUT2D eigenvalue weighted by Crippen LogP contribution is -2.41. The molecule has 0 spiro atoms. The second-order valence-corrected chi connectivity index (χ2v) is 5.32. The van der Waals surface area contributed by atoms with Crippen molar-refractivity contribution in [3.63, 3.8) is 0 Å². The highest BCUT2D eigenvalue weighted by molar-refractivity contribution is 5.77. The topological polar surface area (TPSA) is 127 Å². The molecule has 9 nitrogen and oxygen atoms in total. The van der Waals surface area contributed by atoms with Crippen LogP contribution in [-0.2, 0) is 4.79 Å². The van der Waals surface area contributed by atoms with Crippen molar-refractivity contribution in [2.24, 2.45) is 5.84 Å². The summed E-state index contributed by atoms with van der Waals surface area (Å²) < 4.78 is 5.21. The van der Waals surface area contributed by atoms with Gasteiger partial charge in [0.15, 0.2) is 0 Å². The summed E-state index contributed by atoms with van der Waals surface area (Å²) in [5.41, 5.74) is 2.09. The van der Waals surface area contributed by atoms with Gasteiger partial charge in [-0.25, -0.2) is 5.84 Å². The van der Waals surface area contributed by atoms with Crippen LogP contribution in [0.25, 0.3) is 0 Å². The van der Waals surface area contributed by atoms with Gasteiger partial charge >= 0.3 is 6.01 Å². The number of anilines is 2. The number of hydrogen-bond donors (Lipinski definition) is 4. The van der Waals surface area contributed by atoms with Crippen LogP contribution in [-0.4, -0.2) is 39.5 Å². The molecule has 0 aromatic carbocycles. The molecule has 1 amide bonds. The minimum Gasteiger partial charge on any atom is -0.464 e. The Kier molecular flexibility index (Phi) is 6.10. The molecule has 118 valence electrons. The van der Waals surface area contributed by atoms with Crippen molar-refractivity contribution in [1.82, 2.24) is 20.3 Å². The van der Waals surface area contributed by atoms with Gasteiger partial charge in [-0.3, -0.25) is 10.2 Å². The van der Waals surface area contributed by atoms with Crippen LogP contribution < -0.4 is 26.6 Å². The van der Waals surface area contributed by atoms with Crippen molar-refractivity contribution in [1.29, 1.82) is 0 Å². The molecule has 5 N–H and O–H groups in total. The van der Waals surface area contributed by atoms with Crippen LogP contribution in [0.3, 0.4) is 0 Å². The van der Waals surface area contributed by atoms with E-state index in [1.165, 1.54) is 0 Å². The summed E-state index contributed by atoms with van der Waals surface area (Å²) in [5.74, 6) is 5.72. The van der Waals surface area contributed by atoms with E-state index in [1.807, 2.05) is 27.7 Å². The number of hydrazine groups is 1. The Hall–Kier alpha value is -2.16. The quantitative estimate of drug-likeness (QED) is 0.417. The molecule has 21 heavy (non-hydrogen) atoms. The Bertz CT molecular complexity index is 473. The minimum atomic E-state index is -0.247. The van der Waals surface area contributed by atoms with E-state index >= 15 is 0 Å². The summed E-state index contributed by atoms with van der Waals surface area (Å²) in [6.07, 6.45) is 0.304. The van der Waals surface area contributed by atoms with Gasteiger partial charge in [0.2, 0.25) is 17.8 Å². The van der Waals surface area contributed by atoms with E-state index in [-0.39, 0.29) is 23.4 Å². The van der Waals surface area contributed by atoms with E-state index in [1.54, 1.807) is 0 Å². The first-order valence-corrected chi connectivity index (χ1v) is 6.74. The van der Waals surface area contributed by atoms with Crippen molar-refractivity contribution in [2.75, 3.05) is 23.9 Å². The molecule has 0 bridgehead atoms. The summed E-state index contributed by atoms with van der Waals surface area (Å²) in [6.45, 7) is 8.43. The summed E-state index contributed by atoms with van der Waals surface area (Å²) in [6, 6.07) is 0.169. The second-order valence-electron chi connectivity index (χ2n) is 5.32. The Labute approximate surface area is 124 Å². The molecule has 0 aliphatic rings.